The van der Waals surface area contributed by atoms with E-state index in [-0.39, 0.29) is 0 Å². The van der Waals surface area contributed by atoms with Gasteiger partial charge in [-0.25, -0.2) is 9.97 Å². The van der Waals surface area contributed by atoms with Gasteiger partial charge >= 0.3 is 0 Å². The van der Waals surface area contributed by atoms with Crippen molar-refractivity contribution in [3.05, 3.63) is 65.1 Å². The minimum absolute atomic E-state index is 0.521. The first-order valence-corrected chi connectivity index (χ1v) is 7.37. The molecule has 0 spiro atoms. The Kier molecular flexibility index (Phi) is 4.02. The molecule has 0 atom stereocenters. The van der Waals surface area contributed by atoms with E-state index < -0.39 is 0 Å². The number of anilines is 1. The van der Waals surface area contributed by atoms with Crippen LogP contribution in [0.5, 0.6) is 0 Å². The van der Waals surface area contributed by atoms with Crippen LogP contribution >= 0.6 is 11.6 Å². The van der Waals surface area contributed by atoms with Crippen LogP contribution in [0.2, 0.25) is 5.15 Å². The molecule has 0 unspecified atom stereocenters. The second-order valence-corrected chi connectivity index (χ2v) is 5.20. The summed E-state index contributed by atoms with van der Waals surface area (Å²) in [6.07, 6.45) is 2.30. The molecule has 0 amide bonds. The highest BCUT2D eigenvalue weighted by atomic mass is 35.5. The quantitative estimate of drug-likeness (QED) is 0.723. The average molecular weight is 298 g/mol. The van der Waals surface area contributed by atoms with Crippen molar-refractivity contribution in [3.63, 3.8) is 0 Å². The first kappa shape index (κ1) is 13.8. The molecule has 4 heteroatoms. The van der Waals surface area contributed by atoms with E-state index in [1.807, 2.05) is 6.92 Å². The number of halogens is 1. The molecule has 0 fully saturated rings. The predicted octanol–water partition coefficient (Wildman–Crippen LogP) is 4.46. The van der Waals surface area contributed by atoms with E-state index in [0.29, 0.717) is 11.7 Å². The van der Waals surface area contributed by atoms with Gasteiger partial charge in [0, 0.05) is 12.1 Å². The molecule has 1 aromatic heterocycles. The first-order valence-electron chi connectivity index (χ1n) is 6.99. The molecule has 3 rings (SSSR count). The van der Waals surface area contributed by atoms with Crippen molar-refractivity contribution in [2.45, 2.75) is 19.9 Å². The highest BCUT2D eigenvalue weighted by molar-refractivity contribution is 6.30. The minimum Gasteiger partial charge on any atom is -0.366 e. The van der Waals surface area contributed by atoms with Crippen LogP contribution in [0.4, 0.5) is 5.82 Å². The highest BCUT2D eigenvalue weighted by Gasteiger charge is 2.08. The molecular weight excluding hydrogens is 282 g/mol. The van der Waals surface area contributed by atoms with E-state index >= 15 is 0 Å². The Labute approximate surface area is 129 Å². The second kappa shape index (κ2) is 6.10. The minimum atomic E-state index is 0.521. The maximum atomic E-state index is 6.12. The molecule has 2 aromatic carbocycles. The fraction of sp³-hybridized carbons (Fsp3) is 0.176. The Morgan fingerprint density at radius 3 is 2.71 bits per heavy atom. The third-order valence-electron chi connectivity index (χ3n) is 3.57. The third kappa shape index (κ3) is 2.83. The van der Waals surface area contributed by atoms with Gasteiger partial charge in [-0.05, 0) is 22.8 Å². The normalized spacial score (nSPS) is 10.8. The number of aromatic nitrogens is 2. The second-order valence-electron chi connectivity index (χ2n) is 4.84. The topological polar surface area (TPSA) is 37.8 Å². The summed E-state index contributed by atoms with van der Waals surface area (Å²) in [5, 5.41) is 6.40. The summed E-state index contributed by atoms with van der Waals surface area (Å²) < 4.78 is 0. The predicted molar refractivity (Wildman–Crippen MR) is 87.7 cm³/mol. The van der Waals surface area contributed by atoms with Crippen LogP contribution in [0.3, 0.4) is 0 Å². The lowest BCUT2D eigenvalue weighted by Crippen LogP contribution is -2.06. The maximum Gasteiger partial charge on any atom is 0.137 e. The Morgan fingerprint density at radius 2 is 1.86 bits per heavy atom. The number of benzene rings is 2. The molecule has 3 nitrogen and oxygen atoms in total. The summed E-state index contributed by atoms with van der Waals surface area (Å²) in [6, 6.07) is 14.7. The van der Waals surface area contributed by atoms with Gasteiger partial charge in [0.25, 0.3) is 0 Å². The van der Waals surface area contributed by atoms with Crippen molar-refractivity contribution < 1.29 is 0 Å². The fourth-order valence-corrected chi connectivity index (χ4v) is 2.75. The maximum absolute atomic E-state index is 6.12. The molecule has 0 aliphatic carbocycles. The van der Waals surface area contributed by atoms with E-state index in [0.717, 1.165) is 17.8 Å². The summed E-state index contributed by atoms with van der Waals surface area (Å²) in [5.41, 5.74) is 2.20. The Hall–Kier alpha value is -2.13. The van der Waals surface area contributed by atoms with Crippen molar-refractivity contribution in [2.24, 2.45) is 0 Å². The van der Waals surface area contributed by atoms with Gasteiger partial charge in [-0.15, -0.1) is 0 Å². The number of hydrogen-bond acceptors (Lipinski definition) is 3. The van der Waals surface area contributed by atoms with Crippen LogP contribution in [-0.4, -0.2) is 9.97 Å². The zero-order valence-electron chi connectivity index (χ0n) is 11.8. The van der Waals surface area contributed by atoms with Gasteiger partial charge in [0.15, 0.2) is 0 Å². The summed E-state index contributed by atoms with van der Waals surface area (Å²) >= 11 is 6.12. The van der Waals surface area contributed by atoms with Crippen molar-refractivity contribution in [1.29, 1.82) is 0 Å². The number of nitrogens with one attached hydrogen (secondary N) is 1. The summed E-state index contributed by atoms with van der Waals surface area (Å²) in [5.74, 6) is 0.811. The summed E-state index contributed by atoms with van der Waals surface area (Å²) in [7, 11) is 0. The van der Waals surface area contributed by atoms with Gasteiger partial charge < -0.3 is 5.32 Å². The van der Waals surface area contributed by atoms with Gasteiger partial charge in [0.1, 0.15) is 17.3 Å². The number of fused-ring (bicyclic) bond motifs is 1. The van der Waals surface area contributed by atoms with Gasteiger partial charge in [-0.2, -0.15) is 0 Å². The highest BCUT2D eigenvalue weighted by Crippen LogP contribution is 2.23. The largest absolute Gasteiger partial charge is 0.366 e. The van der Waals surface area contributed by atoms with Crippen molar-refractivity contribution in [2.75, 3.05) is 5.32 Å². The first-order chi connectivity index (χ1) is 10.3. The smallest absolute Gasteiger partial charge is 0.137 e. The molecule has 0 saturated carbocycles. The van der Waals surface area contributed by atoms with Crippen LogP contribution in [0, 0.1) is 0 Å². The monoisotopic (exact) mass is 297 g/mol. The fourth-order valence-electron chi connectivity index (χ4n) is 2.48. The average Bonchev–Trinajstić information content (AvgIpc) is 2.53. The van der Waals surface area contributed by atoms with E-state index in [1.165, 1.54) is 22.7 Å². The molecule has 21 heavy (non-hydrogen) atoms. The summed E-state index contributed by atoms with van der Waals surface area (Å²) in [6.45, 7) is 2.76. The molecule has 0 radical (unpaired) electrons. The number of hydrogen-bond donors (Lipinski definition) is 1. The Morgan fingerprint density at radius 1 is 1.05 bits per heavy atom. The van der Waals surface area contributed by atoms with Gasteiger partial charge in [-0.3, -0.25) is 0 Å². The molecular formula is C17H16ClN3. The molecule has 1 heterocycles. The van der Waals surface area contributed by atoms with E-state index in [9.17, 15) is 0 Å². The third-order valence-corrected chi connectivity index (χ3v) is 3.90. The molecule has 0 saturated heterocycles. The molecule has 3 aromatic rings. The lowest BCUT2D eigenvalue weighted by molar-refractivity contribution is 1.01. The number of rotatable bonds is 4. The van der Waals surface area contributed by atoms with Crippen molar-refractivity contribution in [1.82, 2.24) is 9.97 Å². The van der Waals surface area contributed by atoms with E-state index in [1.54, 1.807) is 0 Å². The van der Waals surface area contributed by atoms with Crippen LogP contribution in [-0.2, 0) is 13.0 Å². The van der Waals surface area contributed by atoms with Gasteiger partial charge in [-0.1, -0.05) is 61.0 Å². The summed E-state index contributed by atoms with van der Waals surface area (Å²) in [4.78, 5) is 8.33. The van der Waals surface area contributed by atoms with Crippen LogP contribution in [0.1, 0.15) is 18.1 Å². The van der Waals surface area contributed by atoms with Crippen LogP contribution < -0.4 is 5.32 Å². The SMILES string of the molecule is CCc1c(Cl)ncnc1NCc1cccc2ccccc12. The number of nitrogens with zero attached hydrogens (tertiary/aromatic N) is 2. The molecule has 106 valence electrons. The van der Waals surface area contributed by atoms with Crippen LogP contribution in [0.15, 0.2) is 48.8 Å². The van der Waals surface area contributed by atoms with E-state index in [2.05, 4.69) is 57.7 Å². The van der Waals surface area contributed by atoms with E-state index in [4.69, 9.17) is 11.6 Å². The lowest BCUT2D eigenvalue weighted by atomic mass is 10.0. The Balaban J connectivity index is 1.89. The van der Waals surface area contributed by atoms with Crippen LogP contribution in [0.25, 0.3) is 10.8 Å². The zero-order chi connectivity index (χ0) is 14.7. The molecule has 0 aliphatic heterocycles. The lowest BCUT2D eigenvalue weighted by Gasteiger charge is -2.12. The molecule has 0 bridgehead atoms. The van der Waals surface area contributed by atoms with Crippen molar-refractivity contribution in [3.8, 4) is 0 Å². The van der Waals surface area contributed by atoms with Crippen molar-refractivity contribution >= 4 is 28.2 Å². The molecule has 0 aliphatic rings. The van der Waals surface area contributed by atoms with Gasteiger partial charge in [0.05, 0.1) is 0 Å². The molecule has 1 N–H and O–H groups in total. The zero-order valence-corrected chi connectivity index (χ0v) is 12.6. The standard InChI is InChI=1S/C17H16ClN3/c1-2-14-16(18)20-11-21-17(14)19-10-13-8-5-7-12-6-3-4-9-15(12)13/h3-9,11H,2,10H2,1H3,(H,19,20,21). The van der Waals surface area contributed by atoms with Gasteiger partial charge in [0.2, 0.25) is 0 Å². The Bertz CT molecular complexity index is 766.